The molecular weight excluding hydrogens is 306 g/mol. The summed E-state index contributed by atoms with van der Waals surface area (Å²) < 4.78 is 0. The van der Waals surface area contributed by atoms with E-state index in [0.29, 0.717) is 6.42 Å². The van der Waals surface area contributed by atoms with Crippen LogP contribution in [-0.2, 0) is 9.59 Å². The smallest absolute Gasteiger partial charge is 0.337 e. The van der Waals surface area contributed by atoms with Crippen LogP contribution < -0.4 is 4.90 Å². The van der Waals surface area contributed by atoms with E-state index in [0.717, 1.165) is 4.90 Å². The Morgan fingerprint density at radius 3 is 2.68 bits per heavy atom. The van der Waals surface area contributed by atoms with Gasteiger partial charge < -0.3 is 5.11 Å². The van der Waals surface area contributed by atoms with E-state index < -0.39 is 5.97 Å². The van der Waals surface area contributed by atoms with Crippen molar-refractivity contribution in [3.63, 3.8) is 0 Å². The number of fused-ring (bicyclic) bond motifs is 1. The van der Waals surface area contributed by atoms with Crippen molar-refractivity contribution in [2.75, 3.05) is 4.90 Å². The second-order valence-corrected chi connectivity index (χ2v) is 6.04. The van der Waals surface area contributed by atoms with Crippen molar-refractivity contribution >= 4 is 35.1 Å². The SMILES string of the molecule is C[C@H]1C=CC[C@H]2C(=O)N(c3ccc(Cl)c(C(=O)O)c3)C(=O)[C@H]12. The molecule has 1 aromatic carbocycles. The van der Waals surface area contributed by atoms with E-state index in [4.69, 9.17) is 16.7 Å². The molecule has 1 aliphatic carbocycles. The van der Waals surface area contributed by atoms with Crippen molar-refractivity contribution in [1.82, 2.24) is 0 Å². The molecule has 3 rings (SSSR count). The molecule has 3 atom stereocenters. The number of aromatic carboxylic acids is 1. The Morgan fingerprint density at radius 1 is 1.32 bits per heavy atom. The Balaban J connectivity index is 2.03. The van der Waals surface area contributed by atoms with Crippen molar-refractivity contribution in [1.29, 1.82) is 0 Å². The molecule has 0 saturated carbocycles. The molecule has 1 aromatic rings. The molecule has 0 radical (unpaired) electrons. The van der Waals surface area contributed by atoms with E-state index in [9.17, 15) is 14.4 Å². The number of hydrogen-bond acceptors (Lipinski definition) is 3. The van der Waals surface area contributed by atoms with Gasteiger partial charge in [-0.25, -0.2) is 4.79 Å². The number of benzene rings is 1. The molecule has 0 unspecified atom stereocenters. The number of carbonyl (C=O) groups excluding carboxylic acids is 2. The fraction of sp³-hybridized carbons (Fsp3) is 0.312. The van der Waals surface area contributed by atoms with Gasteiger partial charge in [0, 0.05) is 0 Å². The van der Waals surface area contributed by atoms with Crippen LogP contribution in [0.4, 0.5) is 5.69 Å². The van der Waals surface area contributed by atoms with Crippen molar-refractivity contribution in [2.24, 2.45) is 17.8 Å². The average molecular weight is 320 g/mol. The second-order valence-electron chi connectivity index (χ2n) is 5.64. The number of carboxylic acid groups (broad SMARTS) is 1. The lowest BCUT2D eigenvalue weighted by atomic mass is 9.78. The van der Waals surface area contributed by atoms with Gasteiger partial charge in [0.25, 0.3) is 0 Å². The first kappa shape index (κ1) is 14.8. The summed E-state index contributed by atoms with van der Waals surface area (Å²) in [6.07, 6.45) is 4.40. The molecule has 0 aromatic heterocycles. The minimum atomic E-state index is -1.20. The maximum absolute atomic E-state index is 12.6. The first-order valence-corrected chi connectivity index (χ1v) is 7.37. The van der Waals surface area contributed by atoms with Gasteiger partial charge in [0.15, 0.2) is 0 Å². The van der Waals surface area contributed by atoms with Crippen LogP contribution in [0, 0.1) is 17.8 Å². The Bertz CT molecular complexity index is 712. The molecule has 114 valence electrons. The number of hydrogen-bond donors (Lipinski definition) is 1. The van der Waals surface area contributed by atoms with Crippen molar-refractivity contribution in [3.05, 3.63) is 40.9 Å². The first-order chi connectivity index (χ1) is 10.4. The number of imide groups is 1. The predicted molar refractivity (Wildman–Crippen MR) is 80.8 cm³/mol. The number of allylic oxidation sites excluding steroid dienone is 2. The van der Waals surface area contributed by atoms with Crippen molar-refractivity contribution in [3.8, 4) is 0 Å². The number of nitrogens with zero attached hydrogens (tertiary/aromatic N) is 1. The fourth-order valence-corrected chi connectivity index (χ4v) is 3.42. The van der Waals surface area contributed by atoms with E-state index in [1.165, 1.54) is 18.2 Å². The van der Waals surface area contributed by atoms with Gasteiger partial charge in [-0.3, -0.25) is 14.5 Å². The number of amides is 2. The third-order valence-electron chi connectivity index (χ3n) is 4.31. The number of carbonyl (C=O) groups is 3. The van der Waals surface area contributed by atoms with Crippen LogP contribution in [0.2, 0.25) is 5.02 Å². The van der Waals surface area contributed by atoms with Crippen LogP contribution in [0.5, 0.6) is 0 Å². The maximum atomic E-state index is 12.6. The Kier molecular flexibility index (Phi) is 3.53. The summed E-state index contributed by atoms with van der Waals surface area (Å²) in [7, 11) is 0. The second kappa shape index (κ2) is 5.25. The zero-order valence-corrected chi connectivity index (χ0v) is 12.6. The Hall–Kier alpha value is -2.14. The van der Waals surface area contributed by atoms with Crippen LogP contribution in [0.15, 0.2) is 30.4 Å². The van der Waals surface area contributed by atoms with Crippen LogP contribution in [0.3, 0.4) is 0 Å². The van der Waals surface area contributed by atoms with Gasteiger partial charge >= 0.3 is 5.97 Å². The van der Waals surface area contributed by atoms with Crippen LogP contribution >= 0.6 is 11.6 Å². The zero-order chi connectivity index (χ0) is 16.0. The van der Waals surface area contributed by atoms with Crippen LogP contribution in [-0.4, -0.2) is 22.9 Å². The standard InChI is InChI=1S/C16H14ClNO4/c1-8-3-2-4-10-13(8)15(20)18(14(10)19)9-5-6-12(17)11(7-9)16(21)22/h2-3,5-8,10,13H,4H2,1H3,(H,21,22)/t8-,10+,13+/m0/s1. The molecule has 1 heterocycles. The monoisotopic (exact) mass is 319 g/mol. The summed E-state index contributed by atoms with van der Waals surface area (Å²) in [5.74, 6) is -2.49. The number of rotatable bonds is 2. The van der Waals surface area contributed by atoms with Gasteiger partial charge in [0.1, 0.15) is 0 Å². The largest absolute Gasteiger partial charge is 0.478 e. The zero-order valence-electron chi connectivity index (χ0n) is 11.8. The molecule has 1 saturated heterocycles. The van der Waals surface area contributed by atoms with E-state index >= 15 is 0 Å². The molecule has 0 bridgehead atoms. The summed E-state index contributed by atoms with van der Waals surface area (Å²) in [5, 5.41) is 9.20. The Labute approximate surface area is 132 Å². The van der Waals surface area contributed by atoms with Gasteiger partial charge in [-0.2, -0.15) is 0 Å². The molecule has 1 fully saturated rings. The van der Waals surface area contributed by atoms with Crippen molar-refractivity contribution < 1.29 is 19.5 Å². The van der Waals surface area contributed by atoms with Gasteiger partial charge in [-0.05, 0) is 30.5 Å². The first-order valence-electron chi connectivity index (χ1n) is 6.99. The third kappa shape index (κ3) is 2.13. The van der Waals surface area contributed by atoms with Crippen LogP contribution in [0.1, 0.15) is 23.7 Å². The highest BCUT2D eigenvalue weighted by Crippen LogP contribution is 2.40. The molecule has 6 heteroatoms. The highest BCUT2D eigenvalue weighted by molar-refractivity contribution is 6.34. The molecule has 1 N–H and O–H groups in total. The molecule has 5 nitrogen and oxygen atoms in total. The summed E-state index contributed by atoms with van der Waals surface area (Å²) in [6.45, 7) is 1.91. The lowest BCUT2D eigenvalue weighted by Crippen LogP contribution is -2.31. The molecule has 22 heavy (non-hydrogen) atoms. The fourth-order valence-electron chi connectivity index (χ4n) is 3.22. The summed E-state index contributed by atoms with van der Waals surface area (Å²) >= 11 is 5.84. The predicted octanol–water partition coefficient (Wildman–Crippen LogP) is 2.74. The minimum absolute atomic E-state index is 0.00792. The summed E-state index contributed by atoms with van der Waals surface area (Å²) in [4.78, 5) is 37.4. The number of anilines is 1. The molecule has 1 aliphatic heterocycles. The highest BCUT2D eigenvalue weighted by atomic mass is 35.5. The third-order valence-corrected chi connectivity index (χ3v) is 4.64. The van der Waals surface area contributed by atoms with E-state index in [-0.39, 0.29) is 45.8 Å². The van der Waals surface area contributed by atoms with E-state index in [1.807, 2.05) is 19.1 Å². The molecular formula is C16H14ClNO4. The molecule has 2 amide bonds. The topological polar surface area (TPSA) is 74.7 Å². The van der Waals surface area contributed by atoms with Gasteiger partial charge in [-0.15, -0.1) is 0 Å². The van der Waals surface area contributed by atoms with Gasteiger partial charge in [0.05, 0.1) is 28.1 Å². The number of carboxylic acids is 1. The normalized spacial score (nSPS) is 27.2. The number of halogens is 1. The van der Waals surface area contributed by atoms with Gasteiger partial charge in [-0.1, -0.05) is 30.7 Å². The Morgan fingerprint density at radius 2 is 2.05 bits per heavy atom. The molecule has 2 aliphatic rings. The maximum Gasteiger partial charge on any atom is 0.337 e. The quantitative estimate of drug-likeness (QED) is 0.672. The average Bonchev–Trinajstić information content (AvgIpc) is 2.73. The van der Waals surface area contributed by atoms with Crippen molar-refractivity contribution in [2.45, 2.75) is 13.3 Å². The molecule has 0 spiro atoms. The van der Waals surface area contributed by atoms with Gasteiger partial charge in [0.2, 0.25) is 11.8 Å². The minimum Gasteiger partial charge on any atom is -0.478 e. The van der Waals surface area contributed by atoms with E-state index in [2.05, 4.69) is 0 Å². The lowest BCUT2D eigenvalue weighted by molar-refractivity contribution is -0.122. The van der Waals surface area contributed by atoms with E-state index in [1.54, 1.807) is 0 Å². The highest BCUT2D eigenvalue weighted by Gasteiger charge is 2.50. The summed E-state index contributed by atoms with van der Waals surface area (Å²) in [5.41, 5.74) is 0.138. The lowest BCUT2D eigenvalue weighted by Gasteiger charge is -2.22. The summed E-state index contributed by atoms with van der Waals surface area (Å²) in [6, 6.07) is 4.17. The van der Waals surface area contributed by atoms with Crippen LogP contribution in [0.25, 0.3) is 0 Å².